The van der Waals surface area contributed by atoms with Gasteiger partial charge in [-0.25, -0.2) is 19.7 Å². The van der Waals surface area contributed by atoms with Crippen LogP contribution in [0.5, 0.6) is 0 Å². The third-order valence-electron chi connectivity index (χ3n) is 6.09. The van der Waals surface area contributed by atoms with Gasteiger partial charge in [0.05, 0.1) is 12.4 Å². The van der Waals surface area contributed by atoms with Crippen molar-refractivity contribution in [2.24, 2.45) is 0 Å². The van der Waals surface area contributed by atoms with Crippen LogP contribution >= 0.6 is 0 Å². The third kappa shape index (κ3) is 4.93. The lowest BCUT2D eigenvalue weighted by atomic mass is 10.1. The van der Waals surface area contributed by atoms with Gasteiger partial charge in [-0.05, 0) is 46.6 Å². The van der Waals surface area contributed by atoms with E-state index in [1.165, 1.54) is 0 Å². The first kappa shape index (κ1) is 24.6. The summed E-state index contributed by atoms with van der Waals surface area (Å²) >= 11 is 0. The Labute approximate surface area is 210 Å². The third-order valence-corrected chi connectivity index (χ3v) is 6.09. The van der Waals surface area contributed by atoms with Crippen LogP contribution in [-0.2, 0) is 25.4 Å². The van der Waals surface area contributed by atoms with E-state index >= 15 is 0 Å². The zero-order valence-electron chi connectivity index (χ0n) is 21.5. The highest BCUT2D eigenvalue weighted by Gasteiger charge is 2.55. The van der Waals surface area contributed by atoms with Gasteiger partial charge in [0.1, 0.15) is 23.6 Å². The Morgan fingerprint density at radius 2 is 1.86 bits per heavy atom. The SMILES string of the molecule is CC[C@H]1O[C@@H](n2cnc3c(NC(=O)OC(C)(C)C)nc(Cc4ccccc4)nc32)[C@@H]2OC(C)(C)O[C@@H]21. The summed E-state index contributed by atoms with van der Waals surface area (Å²) in [5.41, 5.74) is 1.37. The maximum absolute atomic E-state index is 12.6. The quantitative estimate of drug-likeness (QED) is 0.547. The number of carbonyl (C=O) groups excluding carboxylic acids is 1. The molecule has 1 amide bonds. The van der Waals surface area contributed by atoms with E-state index in [0.717, 1.165) is 12.0 Å². The summed E-state index contributed by atoms with van der Waals surface area (Å²) < 4.78 is 26.1. The lowest BCUT2D eigenvalue weighted by Crippen LogP contribution is -2.28. The Hall–Kier alpha value is -3.08. The molecule has 2 aromatic heterocycles. The molecule has 10 heteroatoms. The van der Waals surface area contributed by atoms with E-state index in [1.807, 2.05) is 48.7 Å². The van der Waals surface area contributed by atoms with E-state index in [4.69, 9.17) is 23.9 Å². The summed E-state index contributed by atoms with van der Waals surface area (Å²) in [6, 6.07) is 9.91. The highest BCUT2D eigenvalue weighted by atomic mass is 16.8. The molecule has 3 aromatic rings. The number of nitrogens with zero attached hydrogens (tertiary/aromatic N) is 4. The molecule has 10 nitrogen and oxygen atoms in total. The standard InChI is InChI=1S/C26H33N5O5/c1-7-16-19-20(35-26(5,6)34-19)23(33-16)31-14-27-18-21(30-24(32)36-25(2,3)4)28-17(29-22(18)31)13-15-11-9-8-10-12-15/h8-12,14,16,19-20,23H,7,13H2,1-6H3,(H,28,29,30,32)/t16-,19-,20-,23-/m1/s1. The van der Waals surface area contributed by atoms with Crippen LogP contribution in [0.1, 0.15) is 65.6 Å². The average Bonchev–Trinajstić information content (AvgIpc) is 3.43. The van der Waals surface area contributed by atoms with Crippen LogP contribution in [0.2, 0.25) is 0 Å². The minimum absolute atomic E-state index is 0.121. The fourth-order valence-corrected chi connectivity index (χ4v) is 4.70. The maximum atomic E-state index is 12.6. The number of hydrogen-bond donors (Lipinski definition) is 1. The maximum Gasteiger partial charge on any atom is 0.413 e. The lowest BCUT2D eigenvalue weighted by molar-refractivity contribution is -0.196. The summed E-state index contributed by atoms with van der Waals surface area (Å²) in [7, 11) is 0. The zero-order chi connectivity index (χ0) is 25.7. The first-order valence-corrected chi connectivity index (χ1v) is 12.3. The highest BCUT2D eigenvalue weighted by Crippen LogP contribution is 2.44. The van der Waals surface area contributed by atoms with Crippen molar-refractivity contribution in [2.75, 3.05) is 5.32 Å². The molecule has 2 aliphatic rings. The van der Waals surface area contributed by atoms with Crippen molar-refractivity contribution in [2.45, 2.75) is 90.3 Å². The zero-order valence-corrected chi connectivity index (χ0v) is 21.5. The van der Waals surface area contributed by atoms with Gasteiger partial charge < -0.3 is 18.9 Å². The first-order valence-electron chi connectivity index (χ1n) is 12.3. The van der Waals surface area contributed by atoms with Crippen LogP contribution in [0.25, 0.3) is 11.2 Å². The Morgan fingerprint density at radius 1 is 1.14 bits per heavy atom. The predicted octanol–water partition coefficient (Wildman–Crippen LogP) is 4.59. The van der Waals surface area contributed by atoms with Crippen LogP contribution < -0.4 is 5.32 Å². The fourth-order valence-electron chi connectivity index (χ4n) is 4.70. The van der Waals surface area contributed by atoms with Gasteiger partial charge in [0.2, 0.25) is 0 Å². The molecule has 0 aliphatic carbocycles. The van der Waals surface area contributed by atoms with Gasteiger partial charge in [0.15, 0.2) is 29.0 Å². The normalized spacial score (nSPS) is 25.2. The van der Waals surface area contributed by atoms with Gasteiger partial charge in [-0.15, -0.1) is 0 Å². The monoisotopic (exact) mass is 495 g/mol. The molecule has 0 saturated carbocycles. The van der Waals surface area contributed by atoms with Crippen molar-refractivity contribution in [1.82, 2.24) is 19.5 Å². The van der Waals surface area contributed by atoms with Crippen LogP contribution in [-0.4, -0.2) is 55.3 Å². The van der Waals surface area contributed by atoms with Crippen molar-refractivity contribution < 1.29 is 23.7 Å². The van der Waals surface area contributed by atoms with E-state index in [0.29, 0.717) is 23.4 Å². The minimum Gasteiger partial charge on any atom is -0.444 e. The van der Waals surface area contributed by atoms with E-state index in [9.17, 15) is 4.79 Å². The van der Waals surface area contributed by atoms with Crippen molar-refractivity contribution in [3.8, 4) is 0 Å². The van der Waals surface area contributed by atoms with Crippen molar-refractivity contribution in [3.05, 3.63) is 48.0 Å². The number of aromatic nitrogens is 4. The van der Waals surface area contributed by atoms with Crippen LogP contribution in [0.15, 0.2) is 36.7 Å². The number of nitrogens with one attached hydrogen (secondary N) is 1. The molecule has 4 atom stereocenters. The molecule has 36 heavy (non-hydrogen) atoms. The number of rotatable bonds is 5. The second-order valence-corrected chi connectivity index (χ2v) is 10.6. The number of benzene rings is 1. The molecule has 2 fully saturated rings. The largest absolute Gasteiger partial charge is 0.444 e. The molecule has 2 aliphatic heterocycles. The molecule has 0 unspecified atom stereocenters. The summed E-state index contributed by atoms with van der Waals surface area (Å²) in [5.74, 6) is 0.106. The molecule has 0 spiro atoms. The second-order valence-electron chi connectivity index (χ2n) is 10.6. The number of amides is 1. The molecule has 1 aromatic carbocycles. The molecule has 192 valence electrons. The van der Waals surface area contributed by atoms with Gasteiger partial charge >= 0.3 is 6.09 Å². The smallest absolute Gasteiger partial charge is 0.413 e. The number of hydrogen-bond acceptors (Lipinski definition) is 8. The number of anilines is 1. The van der Waals surface area contributed by atoms with E-state index in [2.05, 4.69) is 22.2 Å². The van der Waals surface area contributed by atoms with Gasteiger partial charge in [-0.2, -0.15) is 0 Å². The molecule has 2 saturated heterocycles. The number of carbonyl (C=O) groups is 1. The lowest BCUT2D eigenvalue weighted by Gasteiger charge is -2.24. The van der Waals surface area contributed by atoms with E-state index < -0.39 is 23.7 Å². The molecule has 5 rings (SSSR count). The Kier molecular flexibility index (Phi) is 6.22. The summed E-state index contributed by atoms with van der Waals surface area (Å²) in [5, 5.41) is 2.77. The molecule has 1 N–H and O–H groups in total. The van der Waals surface area contributed by atoms with Gasteiger partial charge in [0.25, 0.3) is 0 Å². The van der Waals surface area contributed by atoms with Crippen molar-refractivity contribution >= 4 is 23.1 Å². The molecule has 0 radical (unpaired) electrons. The number of imidazole rings is 1. The molecular formula is C26H33N5O5. The summed E-state index contributed by atoms with van der Waals surface area (Å²) in [6.07, 6.45) is 1.18. The summed E-state index contributed by atoms with van der Waals surface area (Å²) in [4.78, 5) is 26.6. The topological polar surface area (TPSA) is 110 Å². The Balaban J connectivity index is 1.55. The van der Waals surface area contributed by atoms with Crippen LogP contribution in [0.3, 0.4) is 0 Å². The van der Waals surface area contributed by atoms with Crippen molar-refractivity contribution in [3.63, 3.8) is 0 Å². The first-order chi connectivity index (χ1) is 17.0. The number of fused-ring (bicyclic) bond motifs is 2. The Morgan fingerprint density at radius 3 is 2.56 bits per heavy atom. The fraction of sp³-hybridized carbons (Fsp3) is 0.538. The van der Waals surface area contributed by atoms with E-state index in [1.54, 1.807) is 27.1 Å². The average molecular weight is 496 g/mol. The second kappa shape index (κ2) is 9.10. The molecule has 4 heterocycles. The molecular weight excluding hydrogens is 462 g/mol. The Bertz CT molecular complexity index is 1250. The van der Waals surface area contributed by atoms with Gasteiger partial charge in [-0.3, -0.25) is 9.88 Å². The van der Waals surface area contributed by atoms with Gasteiger partial charge in [0, 0.05) is 6.42 Å². The predicted molar refractivity (Wildman–Crippen MR) is 132 cm³/mol. The summed E-state index contributed by atoms with van der Waals surface area (Å²) in [6.45, 7) is 11.3. The number of ether oxygens (including phenoxy) is 4. The van der Waals surface area contributed by atoms with E-state index in [-0.39, 0.29) is 24.1 Å². The van der Waals surface area contributed by atoms with Crippen LogP contribution in [0, 0.1) is 0 Å². The van der Waals surface area contributed by atoms with Crippen LogP contribution in [0.4, 0.5) is 10.6 Å². The van der Waals surface area contributed by atoms with Gasteiger partial charge in [-0.1, -0.05) is 37.3 Å². The molecule has 0 bridgehead atoms. The van der Waals surface area contributed by atoms with Crippen molar-refractivity contribution in [1.29, 1.82) is 0 Å². The highest BCUT2D eigenvalue weighted by molar-refractivity contribution is 5.93. The minimum atomic E-state index is -0.710.